The number of hydrogen-bond donors (Lipinski definition) is 1. The van der Waals surface area contributed by atoms with Gasteiger partial charge in [-0.25, -0.2) is 0 Å². The number of hydrogen-bond acceptors (Lipinski definition) is 4. The fraction of sp³-hybridized carbons (Fsp3) is 0.571. The van der Waals surface area contributed by atoms with Crippen LogP contribution in [0.15, 0.2) is 30.3 Å². The number of aliphatic hydroxyl groups is 1. The van der Waals surface area contributed by atoms with Gasteiger partial charge in [-0.1, -0.05) is 18.2 Å². The maximum atomic E-state index is 9.98. The van der Waals surface area contributed by atoms with Gasteiger partial charge >= 0.3 is 0 Å². The molecule has 1 heterocycles. The number of benzene rings is 1. The second kappa shape index (κ2) is 7.67. The van der Waals surface area contributed by atoms with Crippen molar-refractivity contribution in [3.05, 3.63) is 30.3 Å². The molecule has 1 N–H and O–H groups in total. The van der Waals surface area contributed by atoms with E-state index in [-0.39, 0.29) is 0 Å². The number of thioether (sulfide) groups is 1. The number of nitrogens with zero attached hydrogens (tertiary/aromatic N) is 1. The first-order valence-electron chi connectivity index (χ1n) is 6.50. The minimum atomic E-state index is -0.409. The van der Waals surface area contributed by atoms with Gasteiger partial charge in [-0.3, -0.25) is 4.90 Å². The third-order valence-electron chi connectivity index (χ3n) is 2.97. The first-order chi connectivity index (χ1) is 8.84. The van der Waals surface area contributed by atoms with E-state index in [0.717, 1.165) is 18.8 Å². The summed E-state index contributed by atoms with van der Waals surface area (Å²) in [6.45, 7) is 3.25. The van der Waals surface area contributed by atoms with E-state index in [2.05, 4.69) is 4.90 Å². The predicted molar refractivity (Wildman–Crippen MR) is 76.3 cm³/mol. The van der Waals surface area contributed by atoms with Gasteiger partial charge in [-0.2, -0.15) is 11.8 Å². The van der Waals surface area contributed by atoms with Crippen molar-refractivity contribution >= 4 is 11.8 Å². The fourth-order valence-corrected chi connectivity index (χ4v) is 2.96. The normalized spacial score (nSPS) is 19.2. The molecule has 0 spiro atoms. The molecule has 1 saturated heterocycles. The first kappa shape index (κ1) is 13.7. The van der Waals surface area contributed by atoms with Gasteiger partial charge in [-0.15, -0.1) is 0 Å². The minimum Gasteiger partial charge on any atom is -0.491 e. The highest BCUT2D eigenvalue weighted by molar-refractivity contribution is 7.99. The van der Waals surface area contributed by atoms with E-state index in [4.69, 9.17) is 4.74 Å². The molecule has 2 rings (SSSR count). The SMILES string of the molecule is OC(COc1ccccc1)CN1CCCSCC1. The number of aliphatic hydroxyl groups excluding tert-OH is 1. The highest BCUT2D eigenvalue weighted by Gasteiger charge is 2.14. The van der Waals surface area contributed by atoms with Crippen molar-refractivity contribution in [2.24, 2.45) is 0 Å². The molecule has 1 unspecified atom stereocenters. The molecule has 1 aliphatic heterocycles. The fourth-order valence-electron chi connectivity index (χ4n) is 2.04. The summed E-state index contributed by atoms with van der Waals surface area (Å²) in [6, 6.07) is 9.66. The Morgan fingerprint density at radius 3 is 2.89 bits per heavy atom. The van der Waals surface area contributed by atoms with Crippen LogP contribution in [0.5, 0.6) is 5.75 Å². The number of ether oxygens (including phenoxy) is 1. The van der Waals surface area contributed by atoms with Crippen molar-refractivity contribution in [1.29, 1.82) is 0 Å². The largest absolute Gasteiger partial charge is 0.491 e. The summed E-state index contributed by atoms with van der Waals surface area (Å²) in [4.78, 5) is 2.33. The van der Waals surface area contributed by atoms with Gasteiger partial charge in [-0.05, 0) is 30.9 Å². The summed E-state index contributed by atoms with van der Waals surface area (Å²) in [5, 5.41) is 9.98. The second-order valence-corrected chi connectivity index (χ2v) is 5.77. The summed E-state index contributed by atoms with van der Waals surface area (Å²) in [5.41, 5.74) is 0. The molecule has 0 aliphatic carbocycles. The summed E-state index contributed by atoms with van der Waals surface area (Å²) in [7, 11) is 0. The van der Waals surface area contributed by atoms with Crippen LogP contribution in [0.4, 0.5) is 0 Å². The zero-order chi connectivity index (χ0) is 12.6. The third-order valence-corrected chi connectivity index (χ3v) is 4.02. The van der Waals surface area contributed by atoms with Crippen LogP contribution in [-0.4, -0.2) is 53.9 Å². The van der Waals surface area contributed by atoms with Crippen LogP contribution in [-0.2, 0) is 0 Å². The smallest absolute Gasteiger partial charge is 0.119 e. The van der Waals surface area contributed by atoms with E-state index in [1.807, 2.05) is 42.1 Å². The summed E-state index contributed by atoms with van der Waals surface area (Å²) < 4.78 is 5.56. The van der Waals surface area contributed by atoms with E-state index < -0.39 is 6.10 Å². The molecule has 1 aliphatic rings. The first-order valence-corrected chi connectivity index (χ1v) is 7.66. The molecular weight excluding hydrogens is 246 g/mol. The van der Waals surface area contributed by atoms with E-state index in [1.165, 1.54) is 17.9 Å². The van der Waals surface area contributed by atoms with Gasteiger partial charge in [0, 0.05) is 18.8 Å². The van der Waals surface area contributed by atoms with Crippen LogP contribution in [0.1, 0.15) is 6.42 Å². The molecule has 100 valence electrons. The molecule has 18 heavy (non-hydrogen) atoms. The van der Waals surface area contributed by atoms with Gasteiger partial charge < -0.3 is 9.84 Å². The quantitative estimate of drug-likeness (QED) is 0.883. The van der Waals surface area contributed by atoms with Crippen LogP contribution < -0.4 is 4.74 Å². The van der Waals surface area contributed by atoms with Gasteiger partial charge in [0.05, 0.1) is 0 Å². The summed E-state index contributed by atoms with van der Waals surface area (Å²) in [6.07, 6.45) is 0.810. The van der Waals surface area contributed by atoms with Gasteiger partial charge in [0.25, 0.3) is 0 Å². The van der Waals surface area contributed by atoms with Crippen LogP contribution in [0.3, 0.4) is 0 Å². The average molecular weight is 267 g/mol. The van der Waals surface area contributed by atoms with Gasteiger partial charge in [0.15, 0.2) is 0 Å². The summed E-state index contributed by atoms with van der Waals surface area (Å²) >= 11 is 2.00. The van der Waals surface area contributed by atoms with Gasteiger partial charge in [0.1, 0.15) is 18.5 Å². The molecule has 3 nitrogen and oxygen atoms in total. The molecule has 1 atom stereocenters. The van der Waals surface area contributed by atoms with Crippen molar-refractivity contribution in [3.8, 4) is 5.75 Å². The lowest BCUT2D eigenvalue weighted by atomic mass is 10.3. The zero-order valence-corrected chi connectivity index (χ0v) is 11.4. The molecule has 4 heteroatoms. The monoisotopic (exact) mass is 267 g/mol. The Hall–Kier alpha value is -0.710. The molecule has 1 fully saturated rings. The lowest BCUT2D eigenvalue weighted by Gasteiger charge is -2.22. The van der Waals surface area contributed by atoms with E-state index in [9.17, 15) is 5.11 Å². The van der Waals surface area contributed by atoms with Crippen LogP contribution in [0.2, 0.25) is 0 Å². The number of β-amino-alcohol motifs (C(OH)–C–C–N with tert-alkyl or cyclic N) is 1. The van der Waals surface area contributed by atoms with Crippen molar-refractivity contribution < 1.29 is 9.84 Å². The minimum absolute atomic E-state index is 0.369. The maximum absolute atomic E-state index is 9.98. The number of para-hydroxylation sites is 1. The Morgan fingerprint density at radius 1 is 1.22 bits per heavy atom. The summed E-state index contributed by atoms with van der Waals surface area (Å²) in [5.74, 6) is 3.24. The standard InChI is InChI=1S/C14H21NO2S/c16-13(11-15-7-4-9-18-10-8-15)12-17-14-5-2-1-3-6-14/h1-3,5-6,13,16H,4,7-12H2. The van der Waals surface area contributed by atoms with Crippen molar-refractivity contribution in [1.82, 2.24) is 4.90 Å². The Kier molecular flexibility index (Phi) is 5.84. The molecule has 0 saturated carbocycles. The van der Waals surface area contributed by atoms with E-state index in [1.54, 1.807) is 0 Å². The van der Waals surface area contributed by atoms with Crippen molar-refractivity contribution in [2.45, 2.75) is 12.5 Å². The average Bonchev–Trinajstić information content (AvgIpc) is 2.66. The predicted octanol–water partition coefficient (Wildman–Crippen LogP) is 1.87. The van der Waals surface area contributed by atoms with Crippen LogP contribution >= 0.6 is 11.8 Å². The van der Waals surface area contributed by atoms with Crippen molar-refractivity contribution in [2.75, 3.05) is 37.7 Å². The topological polar surface area (TPSA) is 32.7 Å². The molecule has 0 radical (unpaired) electrons. The Morgan fingerprint density at radius 2 is 2.06 bits per heavy atom. The second-order valence-electron chi connectivity index (χ2n) is 4.54. The Balaban J connectivity index is 1.69. The van der Waals surface area contributed by atoms with E-state index in [0.29, 0.717) is 13.2 Å². The zero-order valence-electron chi connectivity index (χ0n) is 10.6. The molecule has 0 aromatic heterocycles. The number of rotatable bonds is 5. The maximum Gasteiger partial charge on any atom is 0.119 e. The molecule has 0 amide bonds. The van der Waals surface area contributed by atoms with Crippen LogP contribution in [0.25, 0.3) is 0 Å². The lowest BCUT2D eigenvalue weighted by molar-refractivity contribution is 0.0708. The Labute approximate surface area is 113 Å². The molecule has 1 aromatic rings. The lowest BCUT2D eigenvalue weighted by Crippen LogP contribution is -2.36. The highest BCUT2D eigenvalue weighted by atomic mass is 32.2. The Bertz CT molecular complexity index is 326. The highest BCUT2D eigenvalue weighted by Crippen LogP contribution is 2.11. The van der Waals surface area contributed by atoms with Crippen LogP contribution in [0, 0.1) is 0 Å². The molecular formula is C14H21NO2S. The van der Waals surface area contributed by atoms with E-state index >= 15 is 0 Å². The molecule has 0 bridgehead atoms. The van der Waals surface area contributed by atoms with Gasteiger partial charge in [0.2, 0.25) is 0 Å². The third kappa shape index (κ3) is 4.88. The molecule has 1 aromatic carbocycles. The van der Waals surface area contributed by atoms with Crippen molar-refractivity contribution in [3.63, 3.8) is 0 Å².